The fraction of sp³-hybridized carbons (Fsp3) is 0.350. The molecule has 0 saturated carbocycles. The van der Waals surface area contributed by atoms with Crippen LogP contribution in [0.2, 0.25) is 10.0 Å². The Morgan fingerprint density at radius 3 is 2.60 bits per heavy atom. The first-order chi connectivity index (χ1) is 14.3. The van der Waals surface area contributed by atoms with Gasteiger partial charge >= 0.3 is 10.1 Å². The number of halogens is 2. The van der Waals surface area contributed by atoms with Crippen molar-refractivity contribution < 1.29 is 17.3 Å². The lowest BCUT2D eigenvalue weighted by atomic mass is 9.98. The Labute approximate surface area is 186 Å². The molecule has 0 bridgehead atoms. The molecule has 7 nitrogen and oxygen atoms in total. The summed E-state index contributed by atoms with van der Waals surface area (Å²) in [7, 11) is -4.15. The quantitative estimate of drug-likeness (QED) is 0.215. The number of ether oxygens (including phenoxy) is 1. The molecule has 162 valence electrons. The number of aryl methyl sites for hydroxylation is 1. The minimum Gasteiger partial charge on any atom is -0.493 e. The lowest BCUT2D eigenvalue weighted by Gasteiger charge is -2.30. The second kappa shape index (κ2) is 9.76. The molecule has 2 aromatic carbocycles. The number of nitrogens with two attached hydrogens (primary N) is 1. The number of benzene rings is 2. The van der Waals surface area contributed by atoms with E-state index in [0.29, 0.717) is 18.3 Å². The number of hydrogen-bond donors (Lipinski definition) is 1. The molecule has 0 atom stereocenters. The van der Waals surface area contributed by atoms with Crippen LogP contribution < -0.4 is 14.8 Å². The summed E-state index contributed by atoms with van der Waals surface area (Å²) in [6.07, 6.45) is 3.57. The van der Waals surface area contributed by atoms with Gasteiger partial charge in [-0.25, -0.2) is 0 Å². The standard InChI is InChI=1S/C20H23Cl2N3O4S/c1-14-9-16(28-12-15-5-7-25(8-6-15)13-24-23)11-17(10-14)29-30(26,27)19-4-2-3-18(21)20(19)22/h2-4,9-11,13,15H,5-8,12,23H2,1H3. The first-order valence-electron chi connectivity index (χ1n) is 9.39. The molecular weight excluding hydrogens is 449 g/mol. The van der Waals surface area contributed by atoms with Crippen molar-refractivity contribution in [2.24, 2.45) is 16.9 Å². The van der Waals surface area contributed by atoms with E-state index in [2.05, 4.69) is 10.0 Å². The molecule has 1 saturated heterocycles. The molecule has 1 aliphatic rings. The maximum atomic E-state index is 12.7. The highest BCUT2D eigenvalue weighted by molar-refractivity contribution is 7.87. The Morgan fingerprint density at radius 1 is 1.20 bits per heavy atom. The number of likely N-dealkylation sites (tertiary alicyclic amines) is 1. The Kier molecular flexibility index (Phi) is 7.33. The van der Waals surface area contributed by atoms with Crippen molar-refractivity contribution in [1.82, 2.24) is 4.90 Å². The fourth-order valence-corrected chi connectivity index (χ4v) is 4.89. The van der Waals surface area contributed by atoms with Crippen LogP contribution >= 0.6 is 23.2 Å². The number of nitrogens with zero attached hydrogens (tertiary/aromatic N) is 2. The van der Waals surface area contributed by atoms with Gasteiger partial charge in [0.25, 0.3) is 0 Å². The van der Waals surface area contributed by atoms with Crippen molar-refractivity contribution in [1.29, 1.82) is 0 Å². The van der Waals surface area contributed by atoms with E-state index in [1.807, 2.05) is 13.0 Å². The summed E-state index contributed by atoms with van der Waals surface area (Å²) in [6.45, 7) is 4.11. The number of rotatable bonds is 7. The Bertz CT molecular complexity index is 1020. The van der Waals surface area contributed by atoms with Gasteiger partial charge in [-0.3, -0.25) is 0 Å². The Hall–Kier alpha value is -2.16. The van der Waals surface area contributed by atoms with Crippen molar-refractivity contribution in [2.45, 2.75) is 24.7 Å². The fourth-order valence-electron chi connectivity index (χ4n) is 3.24. The molecule has 1 aliphatic heterocycles. The van der Waals surface area contributed by atoms with Crippen LogP contribution in [-0.2, 0) is 10.1 Å². The minimum atomic E-state index is -4.15. The summed E-state index contributed by atoms with van der Waals surface area (Å²) >= 11 is 12.0. The van der Waals surface area contributed by atoms with Crippen LogP contribution in [0, 0.1) is 12.8 Å². The van der Waals surface area contributed by atoms with Gasteiger partial charge in [0.05, 0.1) is 16.7 Å². The van der Waals surface area contributed by atoms with Crippen LogP contribution in [-0.4, -0.2) is 39.4 Å². The van der Waals surface area contributed by atoms with Crippen molar-refractivity contribution in [2.75, 3.05) is 19.7 Å². The average Bonchev–Trinajstić information content (AvgIpc) is 2.69. The Balaban J connectivity index is 1.67. The van der Waals surface area contributed by atoms with E-state index in [1.165, 1.54) is 18.2 Å². The summed E-state index contributed by atoms with van der Waals surface area (Å²) in [5, 5.41) is 3.61. The SMILES string of the molecule is Cc1cc(OCC2CCN(C=NN)CC2)cc(OS(=O)(=O)c2cccc(Cl)c2Cl)c1. The van der Waals surface area contributed by atoms with Gasteiger partial charge in [0.2, 0.25) is 0 Å². The van der Waals surface area contributed by atoms with Gasteiger partial charge in [-0.1, -0.05) is 29.3 Å². The molecule has 0 amide bonds. The third-order valence-corrected chi connectivity index (χ3v) is 7.00. The topological polar surface area (TPSA) is 94.2 Å². The molecule has 3 rings (SSSR count). The van der Waals surface area contributed by atoms with Crippen LogP contribution in [0.15, 0.2) is 46.4 Å². The van der Waals surface area contributed by atoms with E-state index in [-0.39, 0.29) is 20.7 Å². The summed E-state index contributed by atoms with van der Waals surface area (Å²) < 4.78 is 36.5. The highest BCUT2D eigenvalue weighted by Crippen LogP contribution is 2.32. The number of hydrogen-bond acceptors (Lipinski definition) is 6. The normalized spacial score (nSPS) is 15.5. The third-order valence-electron chi connectivity index (χ3n) is 4.78. The molecule has 0 aromatic heterocycles. The second-order valence-corrected chi connectivity index (χ2v) is 9.43. The van der Waals surface area contributed by atoms with E-state index in [4.69, 9.17) is 38.0 Å². The minimum absolute atomic E-state index is 0.0747. The summed E-state index contributed by atoms with van der Waals surface area (Å²) in [4.78, 5) is 1.88. The van der Waals surface area contributed by atoms with Crippen LogP contribution in [0.1, 0.15) is 18.4 Å². The van der Waals surface area contributed by atoms with E-state index in [1.54, 1.807) is 18.5 Å². The zero-order valence-electron chi connectivity index (χ0n) is 16.4. The first-order valence-corrected chi connectivity index (χ1v) is 11.6. The largest absolute Gasteiger partial charge is 0.493 e. The molecule has 0 radical (unpaired) electrons. The van der Waals surface area contributed by atoms with Gasteiger partial charge < -0.3 is 19.7 Å². The second-order valence-electron chi connectivity index (χ2n) is 7.13. The molecule has 0 unspecified atom stereocenters. The van der Waals surface area contributed by atoms with E-state index >= 15 is 0 Å². The summed E-state index contributed by atoms with van der Waals surface area (Å²) in [5.41, 5.74) is 0.809. The van der Waals surface area contributed by atoms with Gasteiger partial charge in [0.15, 0.2) is 0 Å². The van der Waals surface area contributed by atoms with Gasteiger partial charge in [-0.05, 0) is 55.5 Å². The van der Waals surface area contributed by atoms with Crippen molar-refractivity contribution in [3.8, 4) is 11.5 Å². The number of piperidine rings is 1. The molecule has 2 aromatic rings. The predicted molar refractivity (Wildman–Crippen MR) is 118 cm³/mol. The molecule has 30 heavy (non-hydrogen) atoms. The molecule has 1 fully saturated rings. The zero-order chi connectivity index (χ0) is 21.7. The molecule has 2 N–H and O–H groups in total. The van der Waals surface area contributed by atoms with Crippen LogP contribution in [0.4, 0.5) is 0 Å². The highest BCUT2D eigenvalue weighted by Gasteiger charge is 2.23. The maximum Gasteiger partial charge on any atom is 0.340 e. The van der Waals surface area contributed by atoms with E-state index < -0.39 is 10.1 Å². The smallest absolute Gasteiger partial charge is 0.340 e. The van der Waals surface area contributed by atoms with Gasteiger partial charge in [0, 0.05) is 19.2 Å². The van der Waals surface area contributed by atoms with Crippen molar-refractivity contribution >= 4 is 39.7 Å². The molecular formula is C20H23Cl2N3O4S. The number of hydrazone groups is 1. The maximum absolute atomic E-state index is 12.7. The third kappa shape index (κ3) is 5.71. The zero-order valence-corrected chi connectivity index (χ0v) is 18.8. The lowest BCUT2D eigenvalue weighted by molar-refractivity contribution is 0.183. The van der Waals surface area contributed by atoms with E-state index in [9.17, 15) is 8.42 Å². The van der Waals surface area contributed by atoms with E-state index in [0.717, 1.165) is 31.5 Å². The van der Waals surface area contributed by atoms with Crippen LogP contribution in [0.5, 0.6) is 11.5 Å². The lowest BCUT2D eigenvalue weighted by Crippen LogP contribution is -2.34. The molecule has 10 heteroatoms. The van der Waals surface area contributed by atoms with Crippen LogP contribution in [0.3, 0.4) is 0 Å². The van der Waals surface area contributed by atoms with Gasteiger partial charge in [-0.15, -0.1) is 0 Å². The van der Waals surface area contributed by atoms with Crippen molar-refractivity contribution in [3.63, 3.8) is 0 Å². The summed E-state index contributed by atoms with van der Waals surface area (Å²) in [5.74, 6) is 6.28. The van der Waals surface area contributed by atoms with Crippen LogP contribution in [0.25, 0.3) is 0 Å². The summed E-state index contributed by atoms with van der Waals surface area (Å²) in [6, 6.07) is 9.36. The monoisotopic (exact) mass is 471 g/mol. The van der Waals surface area contributed by atoms with Gasteiger partial charge in [0.1, 0.15) is 22.7 Å². The molecule has 0 spiro atoms. The average molecular weight is 472 g/mol. The van der Waals surface area contributed by atoms with Gasteiger partial charge in [-0.2, -0.15) is 13.5 Å². The molecule has 1 heterocycles. The molecule has 0 aliphatic carbocycles. The van der Waals surface area contributed by atoms with Crippen molar-refractivity contribution in [3.05, 3.63) is 52.0 Å². The Morgan fingerprint density at radius 2 is 1.90 bits per heavy atom. The first kappa shape index (κ1) is 22.5. The highest BCUT2D eigenvalue weighted by atomic mass is 35.5. The predicted octanol–water partition coefficient (Wildman–Crippen LogP) is 4.06.